The van der Waals surface area contributed by atoms with Gasteiger partial charge in [-0.2, -0.15) is 0 Å². The summed E-state index contributed by atoms with van der Waals surface area (Å²) in [6.07, 6.45) is 5.75. The Labute approximate surface area is 189 Å². The zero-order chi connectivity index (χ0) is 22.0. The van der Waals surface area contributed by atoms with Crippen molar-refractivity contribution in [2.75, 3.05) is 58.4 Å². The minimum Gasteiger partial charge on any atom is -0.490 e. The van der Waals surface area contributed by atoms with Crippen LogP contribution in [0.15, 0.2) is 46.0 Å². The van der Waals surface area contributed by atoms with Crippen LogP contribution in [0.2, 0.25) is 0 Å². The topological polar surface area (TPSA) is 80.5 Å². The molecule has 1 unspecified atom stereocenters. The molecular weight excluding hydrogens is 408 g/mol. The molecule has 0 saturated carbocycles. The highest BCUT2D eigenvalue weighted by molar-refractivity contribution is 5.94. The van der Waals surface area contributed by atoms with Crippen molar-refractivity contribution in [3.05, 3.63) is 42.4 Å². The summed E-state index contributed by atoms with van der Waals surface area (Å²) < 4.78 is 22.3. The average Bonchev–Trinajstić information content (AvgIpc) is 3.43. The summed E-state index contributed by atoms with van der Waals surface area (Å²) in [7, 11) is 1.75. The fraction of sp³-hybridized carbons (Fsp3) is 0.542. The van der Waals surface area contributed by atoms with Gasteiger partial charge in [-0.05, 0) is 43.7 Å². The lowest BCUT2D eigenvalue weighted by Crippen LogP contribution is -2.37. The minimum absolute atomic E-state index is 0.442. The Morgan fingerprint density at radius 3 is 2.94 bits per heavy atom. The molecule has 0 amide bonds. The molecule has 32 heavy (non-hydrogen) atoms. The number of benzene rings is 1. The van der Waals surface area contributed by atoms with E-state index in [4.69, 9.17) is 23.6 Å². The van der Waals surface area contributed by atoms with Gasteiger partial charge < -0.3 is 29.3 Å². The van der Waals surface area contributed by atoms with Crippen molar-refractivity contribution in [1.29, 1.82) is 0 Å². The molecule has 1 atom stereocenters. The molecule has 8 heteroatoms. The number of fused-ring (bicyclic) bond motifs is 1. The highest BCUT2D eigenvalue weighted by Crippen LogP contribution is 2.32. The van der Waals surface area contributed by atoms with Crippen molar-refractivity contribution >= 4 is 11.6 Å². The van der Waals surface area contributed by atoms with Crippen molar-refractivity contribution in [1.82, 2.24) is 10.2 Å². The van der Waals surface area contributed by atoms with E-state index in [9.17, 15) is 0 Å². The Hall–Kier alpha value is -2.71. The number of anilines is 1. The Bertz CT molecular complexity index is 856. The standard InChI is InChI=1S/C24H34N4O4/c1-29-16-12-28-11-2-5-20(28)18-26-24(25-10-9-21-6-3-13-30-21)27-19-7-8-22-23(17-19)32-15-4-14-31-22/h3,6-8,13,17,20H,2,4-5,9-12,14-16,18H2,1H3,(H2,25,26,27). The SMILES string of the molecule is COCCN1CCCC1CN=C(NCCc1ccco1)Nc1ccc2c(c1)OCCCO2. The van der Waals surface area contributed by atoms with E-state index < -0.39 is 0 Å². The fourth-order valence-corrected chi connectivity index (χ4v) is 4.08. The molecule has 1 saturated heterocycles. The van der Waals surface area contributed by atoms with Gasteiger partial charge in [-0.25, -0.2) is 0 Å². The molecular formula is C24H34N4O4. The van der Waals surface area contributed by atoms with Crippen molar-refractivity contribution in [3.8, 4) is 11.5 Å². The zero-order valence-corrected chi connectivity index (χ0v) is 18.8. The second kappa shape index (κ2) is 11.8. The summed E-state index contributed by atoms with van der Waals surface area (Å²) in [5.41, 5.74) is 0.918. The van der Waals surface area contributed by atoms with E-state index in [1.54, 1.807) is 13.4 Å². The van der Waals surface area contributed by atoms with Gasteiger partial charge in [0.25, 0.3) is 0 Å². The first-order chi connectivity index (χ1) is 15.8. The van der Waals surface area contributed by atoms with Crippen LogP contribution in [-0.2, 0) is 11.2 Å². The van der Waals surface area contributed by atoms with Gasteiger partial charge in [0.2, 0.25) is 0 Å². The van der Waals surface area contributed by atoms with Crippen LogP contribution in [0.3, 0.4) is 0 Å². The van der Waals surface area contributed by atoms with Gasteiger partial charge in [-0.15, -0.1) is 0 Å². The number of hydrogen-bond donors (Lipinski definition) is 2. The Balaban J connectivity index is 1.42. The monoisotopic (exact) mass is 442 g/mol. The minimum atomic E-state index is 0.442. The summed E-state index contributed by atoms with van der Waals surface area (Å²) in [5, 5.41) is 6.89. The van der Waals surface area contributed by atoms with Crippen LogP contribution >= 0.6 is 0 Å². The van der Waals surface area contributed by atoms with E-state index in [2.05, 4.69) is 15.5 Å². The van der Waals surface area contributed by atoms with Crippen molar-refractivity contribution < 1.29 is 18.6 Å². The first kappa shape index (κ1) is 22.5. The normalized spacial score (nSPS) is 19.0. The van der Waals surface area contributed by atoms with Crippen LogP contribution in [0.4, 0.5) is 5.69 Å². The number of nitrogens with zero attached hydrogens (tertiary/aromatic N) is 2. The molecule has 2 aliphatic rings. The third-order valence-corrected chi connectivity index (χ3v) is 5.80. The molecule has 8 nitrogen and oxygen atoms in total. The molecule has 3 heterocycles. The first-order valence-electron chi connectivity index (χ1n) is 11.5. The number of furan rings is 1. The summed E-state index contributed by atoms with van der Waals surface area (Å²) in [4.78, 5) is 7.39. The van der Waals surface area contributed by atoms with Crippen LogP contribution in [0.1, 0.15) is 25.0 Å². The van der Waals surface area contributed by atoms with Crippen molar-refractivity contribution in [3.63, 3.8) is 0 Å². The molecule has 0 aliphatic carbocycles. The zero-order valence-electron chi connectivity index (χ0n) is 18.8. The number of methoxy groups -OCH3 is 1. The number of ether oxygens (including phenoxy) is 3. The molecule has 1 fully saturated rings. The van der Waals surface area contributed by atoms with E-state index in [0.29, 0.717) is 19.3 Å². The second-order valence-corrected chi connectivity index (χ2v) is 8.11. The number of hydrogen-bond acceptors (Lipinski definition) is 6. The maximum Gasteiger partial charge on any atom is 0.195 e. The van der Waals surface area contributed by atoms with E-state index >= 15 is 0 Å². The Morgan fingerprint density at radius 1 is 1.19 bits per heavy atom. The Morgan fingerprint density at radius 2 is 2.09 bits per heavy atom. The number of rotatable bonds is 9. The van der Waals surface area contributed by atoms with E-state index in [-0.39, 0.29) is 0 Å². The van der Waals surface area contributed by atoms with Gasteiger partial charge >= 0.3 is 0 Å². The summed E-state index contributed by atoms with van der Waals surface area (Å²) >= 11 is 0. The molecule has 2 aromatic rings. The lowest BCUT2D eigenvalue weighted by molar-refractivity contribution is 0.143. The van der Waals surface area contributed by atoms with Crippen LogP contribution in [-0.4, -0.2) is 70.0 Å². The first-order valence-corrected chi connectivity index (χ1v) is 11.5. The highest BCUT2D eigenvalue weighted by Gasteiger charge is 2.23. The van der Waals surface area contributed by atoms with Gasteiger partial charge in [0.15, 0.2) is 17.5 Å². The lowest BCUT2D eigenvalue weighted by atomic mass is 10.2. The maximum absolute atomic E-state index is 5.84. The second-order valence-electron chi connectivity index (χ2n) is 8.11. The van der Waals surface area contributed by atoms with E-state index in [1.165, 1.54) is 6.42 Å². The van der Waals surface area contributed by atoms with Crippen LogP contribution in [0, 0.1) is 0 Å². The van der Waals surface area contributed by atoms with Gasteiger partial charge in [-0.3, -0.25) is 9.89 Å². The summed E-state index contributed by atoms with van der Waals surface area (Å²) in [6.45, 7) is 5.63. The molecule has 174 valence electrons. The molecule has 0 radical (unpaired) electrons. The van der Waals surface area contributed by atoms with Crippen LogP contribution < -0.4 is 20.1 Å². The molecule has 2 N–H and O–H groups in total. The summed E-state index contributed by atoms with van der Waals surface area (Å²) in [6, 6.07) is 10.3. The summed E-state index contributed by atoms with van der Waals surface area (Å²) in [5.74, 6) is 3.26. The van der Waals surface area contributed by atoms with Crippen molar-refractivity contribution in [2.24, 2.45) is 4.99 Å². The van der Waals surface area contributed by atoms with Gasteiger partial charge in [0.05, 0.1) is 32.6 Å². The van der Waals surface area contributed by atoms with Crippen molar-refractivity contribution in [2.45, 2.75) is 31.7 Å². The number of aliphatic imine (C=N–C) groups is 1. The third kappa shape index (κ3) is 6.40. The molecule has 0 spiro atoms. The average molecular weight is 443 g/mol. The predicted octanol–water partition coefficient (Wildman–Crippen LogP) is 3.15. The quantitative estimate of drug-likeness (QED) is 0.456. The highest BCUT2D eigenvalue weighted by atomic mass is 16.5. The van der Waals surface area contributed by atoms with Crippen LogP contribution in [0.25, 0.3) is 0 Å². The molecule has 1 aromatic heterocycles. The predicted molar refractivity (Wildman–Crippen MR) is 125 cm³/mol. The third-order valence-electron chi connectivity index (χ3n) is 5.80. The van der Waals surface area contributed by atoms with Gasteiger partial charge in [-0.1, -0.05) is 0 Å². The smallest absolute Gasteiger partial charge is 0.195 e. The van der Waals surface area contributed by atoms with E-state index in [0.717, 1.165) is 81.0 Å². The number of nitrogens with one attached hydrogen (secondary N) is 2. The molecule has 0 bridgehead atoms. The Kier molecular flexibility index (Phi) is 8.28. The molecule has 2 aliphatic heterocycles. The maximum atomic E-state index is 5.84. The van der Waals surface area contributed by atoms with Gasteiger partial charge in [0.1, 0.15) is 5.76 Å². The number of likely N-dealkylation sites (tertiary alicyclic amines) is 1. The van der Waals surface area contributed by atoms with Crippen LogP contribution in [0.5, 0.6) is 11.5 Å². The molecule has 4 rings (SSSR count). The van der Waals surface area contributed by atoms with E-state index in [1.807, 2.05) is 30.3 Å². The fourth-order valence-electron chi connectivity index (χ4n) is 4.08. The lowest BCUT2D eigenvalue weighted by Gasteiger charge is -2.23. The number of guanidine groups is 1. The largest absolute Gasteiger partial charge is 0.490 e. The molecule has 1 aromatic carbocycles. The van der Waals surface area contributed by atoms with Gasteiger partial charge in [0, 0.05) is 50.8 Å².